The van der Waals surface area contributed by atoms with Gasteiger partial charge in [0.1, 0.15) is 5.76 Å². The summed E-state index contributed by atoms with van der Waals surface area (Å²) in [5, 5.41) is 12.3. The van der Waals surface area contributed by atoms with Crippen molar-refractivity contribution in [1.29, 1.82) is 5.26 Å². The van der Waals surface area contributed by atoms with E-state index >= 15 is 0 Å². The number of hydrogen-bond acceptors (Lipinski definition) is 3. The number of nitrogens with zero attached hydrogens (tertiary/aromatic N) is 2. The lowest BCUT2D eigenvalue weighted by Crippen LogP contribution is -2.35. The molecule has 0 radical (unpaired) electrons. The van der Waals surface area contributed by atoms with Gasteiger partial charge in [-0.3, -0.25) is 0 Å². The van der Waals surface area contributed by atoms with Gasteiger partial charge in [0.25, 0.3) is 0 Å². The number of anilines is 1. The van der Waals surface area contributed by atoms with Gasteiger partial charge >= 0.3 is 6.03 Å². The molecule has 0 bridgehead atoms. The summed E-state index contributed by atoms with van der Waals surface area (Å²) in [6.07, 6.45) is 1.76. The van der Waals surface area contributed by atoms with Crippen LogP contribution in [0.3, 0.4) is 0 Å². The number of nitriles is 1. The molecule has 1 heterocycles. The van der Waals surface area contributed by atoms with E-state index in [9.17, 15) is 4.79 Å². The van der Waals surface area contributed by atoms with Gasteiger partial charge in [0, 0.05) is 11.6 Å². The van der Waals surface area contributed by atoms with Crippen LogP contribution in [0.4, 0.5) is 10.5 Å². The Hall–Kier alpha value is -2.16. The average Bonchev–Trinajstić information content (AvgIpc) is 2.99. The Kier molecular flexibility index (Phi) is 5.70. The predicted molar refractivity (Wildman–Crippen MR) is 84.8 cm³/mol. The van der Waals surface area contributed by atoms with Crippen LogP contribution in [0.2, 0.25) is 10.0 Å². The monoisotopic (exact) mass is 337 g/mol. The first kappa shape index (κ1) is 16.2. The molecule has 0 saturated heterocycles. The van der Waals surface area contributed by atoms with Crippen molar-refractivity contribution in [2.45, 2.75) is 13.0 Å². The van der Waals surface area contributed by atoms with E-state index in [2.05, 4.69) is 5.32 Å². The van der Waals surface area contributed by atoms with Gasteiger partial charge < -0.3 is 14.6 Å². The Morgan fingerprint density at radius 1 is 1.36 bits per heavy atom. The van der Waals surface area contributed by atoms with Crippen LogP contribution in [0.1, 0.15) is 12.2 Å². The molecule has 0 aliphatic heterocycles. The fourth-order valence-electron chi connectivity index (χ4n) is 1.81. The molecule has 2 aromatic rings. The quantitative estimate of drug-likeness (QED) is 0.870. The van der Waals surface area contributed by atoms with E-state index in [4.69, 9.17) is 32.9 Å². The van der Waals surface area contributed by atoms with Crippen LogP contribution in [0.25, 0.3) is 0 Å². The van der Waals surface area contributed by atoms with Gasteiger partial charge in [-0.1, -0.05) is 23.2 Å². The number of carbonyl (C=O) groups is 1. The molecule has 5 nitrogen and oxygen atoms in total. The second kappa shape index (κ2) is 7.74. The molecule has 0 saturated carbocycles. The first-order valence-corrected chi connectivity index (χ1v) is 7.26. The van der Waals surface area contributed by atoms with Crippen molar-refractivity contribution in [3.63, 3.8) is 0 Å². The maximum absolute atomic E-state index is 12.4. The first-order chi connectivity index (χ1) is 10.6. The third-order valence-electron chi connectivity index (χ3n) is 2.88. The van der Waals surface area contributed by atoms with Crippen LogP contribution >= 0.6 is 23.2 Å². The second-order valence-corrected chi connectivity index (χ2v) is 5.31. The molecule has 1 aromatic carbocycles. The van der Waals surface area contributed by atoms with Crippen molar-refractivity contribution in [3.05, 3.63) is 52.4 Å². The molecular formula is C15H13Cl2N3O2. The number of halogens is 2. The normalized spacial score (nSPS) is 10.0. The Labute approximate surface area is 138 Å². The highest BCUT2D eigenvalue weighted by Gasteiger charge is 2.16. The molecule has 0 aliphatic rings. The fourth-order valence-corrected chi connectivity index (χ4v) is 2.27. The molecule has 2 amide bonds. The van der Waals surface area contributed by atoms with Gasteiger partial charge in [-0.25, -0.2) is 4.79 Å². The van der Waals surface area contributed by atoms with Crippen molar-refractivity contribution < 1.29 is 9.21 Å². The zero-order valence-corrected chi connectivity index (χ0v) is 13.1. The second-order valence-electron chi connectivity index (χ2n) is 4.46. The van der Waals surface area contributed by atoms with Crippen LogP contribution in [-0.2, 0) is 6.54 Å². The maximum atomic E-state index is 12.4. The van der Waals surface area contributed by atoms with Gasteiger partial charge in [0.15, 0.2) is 0 Å². The summed E-state index contributed by atoms with van der Waals surface area (Å²) in [6.45, 7) is 0.556. The predicted octanol–water partition coefficient (Wildman–Crippen LogP) is 4.53. The first-order valence-electron chi connectivity index (χ1n) is 6.50. The standard InChI is InChI=1S/C15H13Cl2N3O2/c16-11-4-5-14(13(17)9-11)19-15(21)20(7-2-6-18)10-12-3-1-8-22-12/h1,3-5,8-9H,2,7,10H2,(H,19,21). The lowest BCUT2D eigenvalue weighted by atomic mass is 10.3. The van der Waals surface area contributed by atoms with E-state index in [-0.39, 0.29) is 25.5 Å². The van der Waals surface area contributed by atoms with Gasteiger partial charge in [0.05, 0.1) is 36.0 Å². The Bertz CT molecular complexity index is 681. The third kappa shape index (κ3) is 4.42. The number of urea groups is 1. The minimum atomic E-state index is -0.365. The van der Waals surface area contributed by atoms with E-state index in [0.717, 1.165) is 0 Å². The largest absolute Gasteiger partial charge is 0.467 e. The van der Waals surface area contributed by atoms with Crippen molar-refractivity contribution in [2.75, 3.05) is 11.9 Å². The number of benzene rings is 1. The number of rotatable bonds is 5. The van der Waals surface area contributed by atoms with Crippen LogP contribution in [-0.4, -0.2) is 17.5 Å². The Morgan fingerprint density at radius 2 is 2.18 bits per heavy atom. The third-order valence-corrected chi connectivity index (χ3v) is 3.43. The van der Waals surface area contributed by atoms with Crippen LogP contribution in [0.15, 0.2) is 41.0 Å². The summed E-state index contributed by atoms with van der Waals surface area (Å²) in [4.78, 5) is 13.8. The molecule has 2 rings (SSSR count). The molecule has 0 fully saturated rings. The molecule has 1 N–H and O–H groups in total. The molecule has 114 valence electrons. The highest BCUT2D eigenvalue weighted by Crippen LogP contribution is 2.25. The van der Waals surface area contributed by atoms with Gasteiger partial charge in [-0.15, -0.1) is 0 Å². The van der Waals surface area contributed by atoms with Crippen molar-refractivity contribution in [3.8, 4) is 6.07 Å². The average molecular weight is 338 g/mol. The van der Waals surface area contributed by atoms with E-state index in [0.29, 0.717) is 21.5 Å². The SMILES string of the molecule is N#CCCN(Cc1ccco1)C(=O)Nc1ccc(Cl)cc1Cl. The molecule has 0 aliphatic carbocycles. The topological polar surface area (TPSA) is 69.3 Å². The highest BCUT2D eigenvalue weighted by molar-refractivity contribution is 6.36. The van der Waals surface area contributed by atoms with Crippen molar-refractivity contribution >= 4 is 34.9 Å². The van der Waals surface area contributed by atoms with E-state index in [1.807, 2.05) is 6.07 Å². The van der Waals surface area contributed by atoms with Crippen molar-refractivity contribution in [1.82, 2.24) is 4.90 Å². The van der Waals surface area contributed by atoms with E-state index in [1.54, 1.807) is 30.3 Å². The highest BCUT2D eigenvalue weighted by atomic mass is 35.5. The lowest BCUT2D eigenvalue weighted by Gasteiger charge is -2.21. The molecule has 0 atom stereocenters. The molecule has 0 unspecified atom stereocenters. The summed E-state index contributed by atoms with van der Waals surface area (Å²) in [7, 11) is 0. The zero-order valence-electron chi connectivity index (χ0n) is 11.6. The molecule has 1 aromatic heterocycles. The van der Waals surface area contributed by atoms with Crippen LogP contribution < -0.4 is 5.32 Å². The number of amides is 2. The number of nitrogens with one attached hydrogen (secondary N) is 1. The summed E-state index contributed by atoms with van der Waals surface area (Å²) in [5.41, 5.74) is 0.456. The van der Waals surface area contributed by atoms with Gasteiger partial charge in [0.2, 0.25) is 0 Å². The van der Waals surface area contributed by atoms with Gasteiger partial charge in [-0.2, -0.15) is 5.26 Å². The minimum absolute atomic E-state index is 0.225. The fraction of sp³-hybridized carbons (Fsp3) is 0.200. The minimum Gasteiger partial charge on any atom is -0.467 e. The molecular weight excluding hydrogens is 325 g/mol. The summed E-state index contributed by atoms with van der Waals surface area (Å²) < 4.78 is 5.24. The molecule has 7 heteroatoms. The van der Waals surface area contributed by atoms with Crippen LogP contribution in [0.5, 0.6) is 0 Å². The van der Waals surface area contributed by atoms with Gasteiger partial charge in [-0.05, 0) is 30.3 Å². The van der Waals surface area contributed by atoms with E-state index < -0.39 is 0 Å². The summed E-state index contributed by atoms with van der Waals surface area (Å²) in [6, 6.07) is 9.97. The molecule has 0 spiro atoms. The summed E-state index contributed by atoms with van der Waals surface area (Å²) in [5.74, 6) is 0.635. The number of furan rings is 1. The Morgan fingerprint density at radius 3 is 2.82 bits per heavy atom. The number of hydrogen-bond donors (Lipinski definition) is 1. The molecule has 22 heavy (non-hydrogen) atoms. The zero-order chi connectivity index (χ0) is 15.9. The Balaban J connectivity index is 2.09. The number of carbonyl (C=O) groups excluding carboxylic acids is 1. The van der Waals surface area contributed by atoms with Crippen LogP contribution in [0, 0.1) is 11.3 Å². The van der Waals surface area contributed by atoms with Crippen molar-refractivity contribution in [2.24, 2.45) is 0 Å². The summed E-state index contributed by atoms with van der Waals surface area (Å²) >= 11 is 11.9. The van der Waals surface area contributed by atoms with E-state index in [1.165, 1.54) is 11.2 Å². The lowest BCUT2D eigenvalue weighted by molar-refractivity contribution is 0.205. The smallest absolute Gasteiger partial charge is 0.322 e. The maximum Gasteiger partial charge on any atom is 0.322 e.